The summed E-state index contributed by atoms with van der Waals surface area (Å²) in [5.41, 5.74) is 1.50. The third kappa shape index (κ3) is 5.19. The van der Waals surface area contributed by atoms with Crippen molar-refractivity contribution in [3.05, 3.63) is 24.3 Å². The van der Waals surface area contributed by atoms with Gasteiger partial charge in [-0.05, 0) is 50.1 Å². The van der Waals surface area contributed by atoms with Crippen molar-refractivity contribution in [3.63, 3.8) is 0 Å². The fraction of sp³-hybridized carbons (Fsp3) is 0.500. The molecule has 5 heteroatoms. The molecule has 1 aromatic carbocycles. The molecule has 1 fully saturated rings. The van der Waals surface area contributed by atoms with Crippen LogP contribution in [0.5, 0.6) is 0 Å². The van der Waals surface area contributed by atoms with Crippen LogP contribution in [0, 0.1) is 0 Å². The molecule has 0 spiro atoms. The van der Waals surface area contributed by atoms with Crippen LogP contribution in [0.4, 0.5) is 11.4 Å². The average Bonchev–Trinajstić information content (AvgIpc) is 3.00. The lowest BCUT2D eigenvalue weighted by Gasteiger charge is -2.10. The lowest BCUT2D eigenvalue weighted by molar-refractivity contribution is -0.117. The Hall–Kier alpha value is -1.88. The van der Waals surface area contributed by atoms with E-state index in [-0.39, 0.29) is 11.8 Å². The summed E-state index contributed by atoms with van der Waals surface area (Å²) >= 11 is 0. The molecule has 0 aliphatic carbocycles. The minimum absolute atomic E-state index is 0.0177. The second kappa shape index (κ2) is 7.78. The molecule has 0 radical (unpaired) electrons. The topological polar surface area (TPSA) is 70.2 Å². The molecule has 3 N–H and O–H groups in total. The van der Waals surface area contributed by atoms with Gasteiger partial charge in [0.05, 0.1) is 0 Å². The quantitative estimate of drug-likeness (QED) is 0.753. The Morgan fingerprint density at radius 3 is 2.29 bits per heavy atom. The van der Waals surface area contributed by atoms with E-state index < -0.39 is 0 Å². The zero-order chi connectivity index (χ0) is 15.1. The Bertz CT molecular complexity index is 479. The Morgan fingerprint density at radius 2 is 1.76 bits per heavy atom. The van der Waals surface area contributed by atoms with E-state index in [2.05, 4.69) is 16.0 Å². The van der Waals surface area contributed by atoms with Crippen LogP contribution in [-0.4, -0.2) is 24.4 Å². The summed E-state index contributed by atoms with van der Waals surface area (Å²) in [6.07, 6.45) is 4.24. The number of anilines is 2. The molecule has 2 amide bonds. The van der Waals surface area contributed by atoms with Gasteiger partial charge in [0.15, 0.2) is 0 Å². The van der Waals surface area contributed by atoms with Crippen molar-refractivity contribution in [1.82, 2.24) is 5.32 Å². The molecule has 2 rings (SSSR count). The Balaban J connectivity index is 1.76. The van der Waals surface area contributed by atoms with Gasteiger partial charge >= 0.3 is 0 Å². The highest BCUT2D eigenvalue weighted by molar-refractivity contribution is 5.92. The van der Waals surface area contributed by atoms with Gasteiger partial charge in [-0.15, -0.1) is 0 Å². The molecule has 114 valence electrons. The van der Waals surface area contributed by atoms with E-state index in [0.717, 1.165) is 24.3 Å². The van der Waals surface area contributed by atoms with Gasteiger partial charge in [0, 0.05) is 30.3 Å². The third-order valence-electron chi connectivity index (χ3n) is 3.66. The molecule has 5 nitrogen and oxygen atoms in total. The van der Waals surface area contributed by atoms with E-state index in [1.807, 2.05) is 6.92 Å². The van der Waals surface area contributed by atoms with Gasteiger partial charge in [0.1, 0.15) is 0 Å². The Labute approximate surface area is 125 Å². The zero-order valence-electron chi connectivity index (χ0n) is 12.4. The lowest BCUT2D eigenvalue weighted by Crippen LogP contribution is -2.23. The van der Waals surface area contributed by atoms with Crippen molar-refractivity contribution in [2.24, 2.45) is 0 Å². The largest absolute Gasteiger partial charge is 0.326 e. The van der Waals surface area contributed by atoms with E-state index in [4.69, 9.17) is 0 Å². The van der Waals surface area contributed by atoms with Gasteiger partial charge < -0.3 is 16.0 Å². The van der Waals surface area contributed by atoms with E-state index in [0.29, 0.717) is 18.9 Å². The van der Waals surface area contributed by atoms with Crippen LogP contribution in [0.3, 0.4) is 0 Å². The first-order valence-electron chi connectivity index (χ1n) is 7.60. The van der Waals surface area contributed by atoms with Crippen LogP contribution in [0.25, 0.3) is 0 Å². The first kappa shape index (κ1) is 15.5. The average molecular weight is 289 g/mol. The summed E-state index contributed by atoms with van der Waals surface area (Å²) < 4.78 is 0. The number of carbonyl (C=O) groups excluding carboxylic acids is 2. The maximum atomic E-state index is 11.9. The summed E-state index contributed by atoms with van der Waals surface area (Å²) in [7, 11) is 0. The van der Waals surface area contributed by atoms with E-state index in [1.54, 1.807) is 24.3 Å². The highest BCUT2D eigenvalue weighted by atomic mass is 16.2. The smallest absolute Gasteiger partial charge is 0.224 e. The lowest BCUT2D eigenvalue weighted by atomic mass is 10.1. The molecule has 0 aromatic heterocycles. The van der Waals surface area contributed by atoms with Crippen LogP contribution in [0.1, 0.15) is 39.0 Å². The monoisotopic (exact) mass is 289 g/mol. The van der Waals surface area contributed by atoms with Crippen molar-refractivity contribution in [2.75, 3.05) is 17.2 Å². The predicted octanol–water partition coefficient (Wildman–Crippen LogP) is 2.51. The predicted molar refractivity (Wildman–Crippen MR) is 84.3 cm³/mol. The summed E-state index contributed by atoms with van der Waals surface area (Å²) in [6.45, 7) is 2.88. The molecule has 1 aliphatic heterocycles. The number of rotatable bonds is 6. The summed E-state index contributed by atoms with van der Waals surface area (Å²) in [5.74, 6) is 0.0184. The molecule has 0 bridgehead atoms. The van der Waals surface area contributed by atoms with Crippen molar-refractivity contribution in [3.8, 4) is 0 Å². The molecular weight excluding hydrogens is 266 g/mol. The number of hydrogen-bond acceptors (Lipinski definition) is 3. The zero-order valence-corrected chi connectivity index (χ0v) is 12.4. The Morgan fingerprint density at radius 1 is 1.14 bits per heavy atom. The van der Waals surface area contributed by atoms with Gasteiger partial charge in [-0.1, -0.05) is 6.92 Å². The standard InChI is InChI=1S/C16H23N3O2/c1-2-15(20)18-13-5-7-14(8-6-13)19-16(21)10-9-12-4-3-11-17-12/h5-8,12,17H,2-4,9-11H2,1H3,(H,18,20)(H,19,21). The molecule has 1 heterocycles. The Kier molecular flexibility index (Phi) is 5.75. The number of benzene rings is 1. The summed E-state index contributed by atoms with van der Waals surface area (Å²) in [4.78, 5) is 23.1. The molecular formula is C16H23N3O2. The SMILES string of the molecule is CCC(=O)Nc1ccc(NC(=O)CCC2CCCN2)cc1. The van der Waals surface area contributed by atoms with E-state index >= 15 is 0 Å². The third-order valence-corrected chi connectivity index (χ3v) is 3.66. The van der Waals surface area contributed by atoms with Gasteiger partial charge in [-0.2, -0.15) is 0 Å². The van der Waals surface area contributed by atoms with E-state index in [1.165, 1.54) is 12.8 Å². The number of nitrogens with one attached hydrogen (secondary N) is 3. The van der Waals surface area contributed by atoms with Crippen LogP contribution < -0.4 is 16.0 Å². The first-order valence-corrected chi connectivity index (χ1v) is 7.60. The maximum Gasteiger partial charge on any atom is 0.224 e. The number of amides is 2. The number of carbonyl (C=O) groups is 2. The van der Waals surface area contributed by atoms with Crippen molar-refractivity contribution < 1.29 is 9.59 Å². The van der Waals surface area contributed by atoms with Crippen LogP contribution in [-0.2, 0) is 9.59 Å². The first-order chi connectivity index (χ1) is 10.2. The van der Waals surface area contributed by atoms with Crippen LogP contribution in [0.2, 0.25) is 0 Å². The maximum absolute atomic E-state index is 11.9. The van der Waals surface area contributed by atoms with Gasteiger partial charge in [0.2, 0.25) is 11.8 Å². The molecule has 1 aliphatic rings. The number of hydrogen-bond donors (Lipinski definition) is 3. The molecule has 1 saturated heterocycles. The van der Waals surface area contributed by atoms with Gasteiger partial charge in [0.25, 0.3) is 0 Å². The second-order valence-electron chi connectivity index (χ2n) is 5.36. The molecule has 1 aromatic rings. The van der Waals surface area contributed by atoms with Gasteiger partial charge in [-0.25, -0.2) is 0 Å². The fourth-order valence-corrected chi connectivity index (χ4v) is 2.42. The normalized spacial score (nSPS) is 17.5. The highest BCUT2D eigenvalue weighted by Gasteiger charge is 2.15. The minimum Gasteiger partial charge on any atom is -0.326 e. The molecule has 0 saturated carbocycles. The van der Waals surface area contributed by atoms with Gasteiger partial charge in [-0.3, -0.25) is 9.59 Å². The highest BCUT2D eigenvalue weighted by Crippen LogP contribution is 2.15. The summed E-state index contributed by atoms with van der Waals surface area (Å²) in [6, 6.07) is 7.68. The van der Waals surface area contributed by atoms with Crippen LogP contribution >= 0.6 is 0 Å². The van der Waals surface area contributed by atoms with Crippen molar-refractivity contribution in [2.45, 2.75) is 45.1 Å². The molecule has 1 unspecified atom stereocenters. The fourth-order valence-electron chi connectivity index (χ4n) is 2.42. The molecule has 1 atom stereocenters. The molecule has 21 heavy (non-hydrogen) atoms. The second-order valence-corrected chi connectivity index (χ2v) is 5.36. The van der Waals surface area contributed by atoms with Crippen molar-refractivity contribution >= 4 is 23.2 Å². The summed E-state index contributed by atoms with van der Waals surface area (Å²) in [5, 5.41) is 9.04. The minimum atomic E-state index is -0.0177. The van der Waals surface area contributed by atoms with E-state index in [9.17, 15) is 9.59 Å². The van der Waals surface area contributed by atoms with Crippen molar-refractivity contribution in [1.29, 1.82) is 0 Å². The van der Waals surface area contributed by atoms with Crippen LogP contribution in [0.15, 0.2) is 24.3 Å².